The molecular weight excluding hydrogens is 297 g/mol. The zero-order valence-electron chi connectivity index (χ0n) is 11.6. The Bertz CT molecular complexity index is 672. The van der Waals surface area contributed by atoms with E-state index in [2.05, 4.69) is 4.98 Å². The topological polar surface area (TPSA) is 62.2 Å². The fourth-order valence-corrected chi connectivity index (χ4v) is 1.84. The van der Waals surface area contributed by atoms with Crippen LogP contribution >= 0.6 is 0 Å². The van der Waals surface area contributed by atoms with Gasteiger partial charge in [0.2, 0.25) is 0 Å². The maximum atomic E-state index is 13.1. The number of nitrogens with one attached hydrogen (secondary N) is 1. The molecule has 0 bridgehead atoms. The highest BCUT2D eigenvalue weighted by molar-refractivity contribution is 5.95. The van der Waals surface area contributed by atoms with Gasteiger partial charge in [-0.2, -0.15) is 13.2 Å². The number of carbonyl (C=O) groups excluding carboxylic acids is 1. The fraction of sp³-hybridized carbons (Fsp3) is 0.200. The number of phenolic OH excluding ortho intramolecular Hbond substituents is 1. The highest BCUT2D eigenvalue weighted by atomic mass is 19.4. The zero-order chi connectivity index (χ0) is 16.3. The standard InChI is InChI=1S/C15H13F3N2O2/c1-9-5-6-10(8-12(9)21)14(22)20-13(15(16,17)18)11-4-2-3-7-19-11/h2-8,13,21H,1H3,(H,20,22). The summed E-state index contributed by atoms with van der Waals surface area (Å²) in [4.78, 5) is 15.6. The number of carbonyl (C=O) groups is 1. The molecule has 22 heavy (non-hydrogen) atoms. The summed E-state index contributed by atoms with van der Waals surface area (Å²) in [7, 11) is 0. The number of aryl methyl sites for hydroxylation is 1. The van der Waals surface area contributed by atoms with Crippen molar-refractivity contribution in [1.82, 2.24) is 10.3 Å². The number of halogens is 3. The van der Waals surface area contributed by atoms with Gasteiger partial charge in [0.15, 0.2) is 6.04 Å². The van der Waals surface area contributed by atoms with Crippen molar-refractivity contribution in [3.8, 4) is 5.75 Å². The number of phenols is 1. The quantitative estimate of drug-likeness (QED) is 0.915. The van der Waals surface area contributed by atoms with Crippen LogP contribution in [0.15, 0.2) is 42.6 Å². The number of alkyl halides is 3. The SMILES string of the molecule is Cc1ccc(C(=O)NC(c2ccccn2)C(F)(F)F)cc1O. The number of aromatic nitrogens is 1. The molecule has 0 aliphatic rings. The van der Waals surface area contributed by atoms with Crippen molar-refractivity contribution in [3.63, 3.8) is 0 Å². The molecule has 1 heterocycles. The van der Waals surface area contributed by atoms with Crippen molar-refractivity contribution in [3.05, 3.63) is 59.4 Å². The molecule has 2 aromatic rings. The van der Waals surface area contributed by atoms with Crippen molar-refractivity contribution >= 4 is 5.91 Å². The minimum Gasteiger partial charge on any atom is -0.508 e. The van der Waals surface area contributed by atoms with E-state index in [1.807, 2.05) is 5.32 Å². The van der Waals surface area contributed by atoms with E-state index >= 15 is 0 Å². The summed E-state index contributed by atoms with van der Waals surface area (Å²) in [6.45, 7) is 1.61. The van der Waals surface area contributed by atoms with Crippen molar-refractivity contribution in [2.75, 3.05) is 0 Å². The Morgan fingerprint density at radius 1 is 1.27 bits per heavy atom. The summed E-state index contributed by atoms with van der Waals surface area (Å²) >= 11 is 0. The average Bonchev–Trinajstić information content (AvgIpc) is 2.47. The molecule has 1 aromatic heterocycles. The molecule has 0 radical (unpaired) electrons. The van der Waals surface area contributed by atoms with Crippen LogP contribution < -0.4 is 5.32 Å². The average molecular weight is 310 g/mol. The lowest BCUT2D eigenvalue weighted by molar-refractivity contribution is -0.156. The predicted molar refractivity (Wildman–Crippen MR) is 73.3 cm³/mol. The van der Waals surface area contributed by atoms with Gasteiger partial charge in [0.25, 0.3) is 5.91 Å². The third-order valence-electron chi connectivity index (χ3n) is 3.06. The number of hydrogen-bond acceptors (Lipinski definition) is 3. The van der Waals surface area contributed by atoms with Gasteiger partial charge in [-0.05, 0) is 36.8 Å². The molecule has 1 atom stereocenters. The van der Waals surface area contributed by atoms with E-state index in [4.69, 9.17) is 0 Å². The van der Waals surface area contributed by atoms with Gasteiger partial charge in [-0.3, -0.25) is 9.78 Å². The van der Waals surface area contributed by atoms with Crippen molar-refractivity contribution < 1.29 is 23.1 Å². The Balaban J connectivity index is 2.27. The second kappa shape index (κ2) is 6.05. The summed E-state index contributed by atoms with van der Waals surface area (Å²) in [6, 6.07) is 5.78. The van der Waals surface area contributed by atoms with Gasteiger partial charge in [0.05, 0.1) is 5.69 Å². The summed E-state index contributed by atoms with van der Waals surface area (Å²) in [5.41, 5.74) is 0.154. The third-order valence-corrected chi connectivity index (χ3v) is 3.06. The second-order valence-electron chi connectivity index (χ2n) is 4.70. The number of benzene rings is 1. The molecule has 0 aliphatic heterocycles. The summed E-state index contributed by atoms with van der Waals surface area (Å²) in [5.74, 6) is -1.10. The molecule has 1 aromatic carbocycles. The Morgan fingerprint density at radius 2 is 2.00 bits per heavy atom. The van der Waals surface area contributed by atoms with Gasteiger partial charge in [-0.1, -0.05) is 12.1 Å². The van der Waals surface area contributed by atoms with Crippen LogP contribution in [0.5, 0.6) is 5.75 Å². The maximum Gasteiger partial charge on any atom is 0.414 e. The molecule has 0 spiro atoms. The van der Waals surface area contributed by atoms with E-state index in [9.17, 15) is 23.1 Å². The minimum absolute atomic E-state index is 0.0618. The summed E-state index contributed by atoms with van der Waals surface area (Å²) in [6.07, 6.45) is -3.46. The molecule has 2 rings (SSSR count). The van der Waals surface area contributed by atoms with Gasteiger partial charge < -0.3 is 10.4 Å². The molecule has 1 unspecified atom stereocenters. The molecule has 1 amide bonds. The largest absolute Gasteiger partial charge is 0.508 e. The van der Waals surface area contributed by atoms with Gasteiger partial charge in [0.1, 0.15) is 5.75 Å². The first-order valence-electron chi connectivity index (χ1n) is 6.37. The number of nitrogens with zero attached hydrogens (tertiary/aromatic N) is 1. The smallest absolute Gasteiger partial charge is 0.414 e. The second-order valence-corrected chi connectivity index (χ2v) is 4.70. The lowest BCUT2D eigenvalue weighted by Gasteiger charge is -2.21. The van der Waals surface area contributed by atoms with E-state index in [0.717, 1.165) is 6.07 Å². The normalized spacial score (nSPS) is 12.7. The van der Waals surface area contributed by atoms with Crippen LogP contribution in [0.4, 0.5) is 13.2 Å². The third kappa shape index (κ3) is 3.55. The van der Waals surface area contributed by atoms with Crippen LogP contribution in [0.3, 0.4) is 0 Å². The molecule has 0 fully saturated rings. The van der Waals surface area contributed by atoms with Crippen molar-refractivity contribution in [2.24, 2.45) is 0 Å². The maximum absolute atomic E-state index is 13.1. The molecule has 0 saturated carbocycles. The molecule has 4 nitrogen and oxygen atoms in total. The van der Waals surface area contributed by atoms with Crippen LogP contribution in [0, 0.1) is 6.92 Å². The van der Waals surface area contributed by atoms with Crippen LogP contribution in [0.1, 0.15) is 27.7 Å². The predicted octanol–water partition coefficient (Wildman–Crippen LogP) is 3.13. The number of hydrogen-bond donors (Lipinski definition) is 2. The van der Waals surface area contributed by atoms with Crippen molar-refractivity contribution in [1.29, 1.82) is 0 Å². The minimum atomic E-state index is -4.68. The lowest BCUT2D eigenvalue weighted by atomic mass is 10.1. The highest BCUT2D eigenvalue weighted by Crippen LogP contribution is 2.32. The van der Waals surface area contributed by atoms with E-state index in [0.29, 0.717) is 5.56 Å². The first kappa shape index (κ1) is 15.8. The molecule has 2 N–H and O–H groups in total. The van der Waals surface area contributed by atoms with Crippen molar-refractivity contribution in [2.45, 2.75) is 19.1 Å². The monoisotopic (exact) mass is 310 g/mol. The van der Waals surface area contributed by atoms with E-state index < -0.39 is 18.1 Å². The van der Waals surface area contributed by atoms with Gasteiger partial charge in [0, 0.05) is 11.8 Å². The van der Waals surface area contributed by atoms with E-state index in [1.54, 1.807) is 6.92 Å². The molecular formula is C15H13F3N2O2. The lowest BCUT2D eigenvalue weighted by Crippen LogP contribution is -2.38. The molecule has 0 aliphatic carbocycles. The molecule has 7 heteroatoms. The number of rotatable bonds is 3. The van der Waals surface area contributed by atoms with E-state index in [1.165, 1.54) is 36.5 Å². The number of pyridine rings is 1. The Hall–Kier alpha value is -2.57. The van der Waals surface area contributed by atoms with Gasteiger partial charge in [-0.25, -0.2) is 0 Å². The number of aromatic hydroxyl groups is 1. The molecule has 0 saturated heterocycles. The fourth-order valence-electron chi connectivity index (χ4n) is 1.84. The zero-order valence-corrected chi connectivity index (χ0v) is 11.6. The van der Waals surface area contributed by atoms with Gasteiger partial charge >= 0.3 is 6.18 Å². The van der Waals surface area contributed by atoms with Gasteiger partial charge in [-0.15, -0.1) is 0 Å². The summed E-state index contributed by atoms with van der Waals surface area (Å²) in [5, 5.41) is 11.4. The highest BCUT2D eigenvalue weighted by Gasteiger charge is 2.42. The molecule has 116 valence electrons. The Kier molecular flexibility index (Phi) is 4.35. The van der Waals surface area contributed by atoms with Crippen LogP contribution in [0.25, 0.3) is 0 Å². The first-order chi connectivity index (χ1) is 10.3. The Labute approximate surface area is 124 Å². The summed E-state index contributed by atoms with van der Waals surface area (Å²) < 4.78 is 39.4. The van der Waals surface area contributed by atoms with Crippen LogP contribution in [-0.4, -0.2) is 22.2 Å². The Morgan fingerprint density at radius 3 is 2.55 bits per heavy atom. The van der Waals surface area contributed by atoms with Crippen LogP contribution in [-0.2, 0) is 0 Å². The van der Waals surface area contributed by atoms with E-state index in [-0.39, 0.29) is 17.0 Å². The van der Waals surface area contributed by atoms with Crippen LogP contribution in [0.2, 0.25) is 0 Å². The first-order valence-corrected chi connectivity index (χ1v) is 6.37. The number of amides is 1.